The quantitative estimate of drug-likeness (QED) is 0.737. The zero-order valence-corrected chi connectivity index (χ0v) is 13.6. The first-order chi connectivity index (χ1) is 11.3. The van der Waals surface area contributed by atoms with E-state index in [1.165, 1.54) is 12.8 Å². The highest BCUT2D eigenvalue weighted by Crippen LogP contribution is 2.20. The molecule has 7 heteroatoms. The van der Waals surface area contributed by atoms with Crippen LogP contribution in [0.1, 0.15) is 18.5 Å². The van der Waals surface area contributed by atoms with Crippen molar-refractivity contribution in [3.63, 3.8) is 0 Å². The fraction of sp³-hybridized carbons (Fsp3) is 0.438. The number of hydrogen-bond acceptors (Lipinski definition) is 4. The van der Waals surface area contributed by atoms with Gasteiger partial charge in [0.25, 0.3) is 0 Å². The lowest BCUT2D eigenvalue weighted by molar-refractivity contribution is 0.152. The summed E-state index contributed by atoms with van der Waals surface area (Å²) in [5, 5.41) is 4.94. The minimum atomic E-state index is 0.622. The van der Waals surface area contributed by atoms with Gasteiger partial charge in [0.1, 0.15) is 18.3 Å². The van der Waals surface area contributed by atoms with Gasteiger partial charge in [0.2, 0.25) is 0 Å². The molecule has 0 unspecified atom stereocenters. The predicted octanol–water partition coefficient (Wildman–Crippen LogP) is 2.49. The largest absolute Gasteiger partial charge is 0.305 e. The molecule has 1 aliphatic rings. The molecule has 1 aliphatic heterocycles. The van der Waals surface area contributed by atoms with Gasteiger partial charge in [0.05, 0.1) is 10.7 Å². The van der Waals surface area contributed by atoms with Crippen LogP contribution in [0.25, 0.3) is 5.65 Å². The number of pyridine rings is 1. The Balaban J connectivity index is 1.42. The van der Waals surface area contributed by atoms with Gasteiger partial charge < -0.3 is 4.40 Å². The van der Waals surface area contributed by atoms with Crippen molar-refractivity contribution < 1.29 is 0 Å². The van der Waals surface area contributed by atoms with E-state index >= 15 is 0 Å². The lowest BCUT2D eigenvalue weighted by Crippen LogP contribution is -2.36. The number of likely N-dealkylation sites (tertiary alicyclic amines) is 1. The van der Waals surface area contributed by atoms with Crippen LogP contribution in [0.3, 0.4) is 0 Å². The first-order valence-electron chi connectivity index (χ1n) is 7.94. The maximum atomic E-state index is 6.03. The van der Waals surface area contributed by atoms with Crippen LogP contribution in [-0.2, 0) is 13.1 Å². The molecule has 3 aromatic rings. The van der Waals surface area contributed by atoms with Gasteiger partial charge in [-0.1, -0.05) is 11.6 Å². The summed E-state index contributed by atoms with van der Waals surface area (Å²) >= 11 is 6.03. The first kappa shape index (κ1) is 14.7. The number of hydrogen-bond donors (Lipinski definition) is 0. The third-order valence-electron chi connectivity index (χ3n) is 4.37. The van der Waals surface area contributed by atoms with Crippen molar-refractivity contribution in [3.05, 3.63) is 47.9 Å². The van der Waals surface area contributed by atoms with Crippen LogP contribution in [-0.4, -0.2) is 42.1 Å². The zero-order chi connectivity index (χ0) is 15.6. The molecule has 0 aliphatic carbocycles. The van der Waals surface area contributed by atoms with Gasteiger partial charge in [-0.15, -0.1) is 0 Å². The molecule has 120 valence electrons. The van der Waals surface area contributed by atoms with Crippen LogP contribution < -0.4 is 0 Å². The lowest BCUT2D eigenvalue weighted by Gasteiger charge is -2.32. The molecule has 6 nitrogen and oxygen atoms in total. The van der Waals surface area contributed by atoms with Crippen molar-refractivity contribution >= 4 is 17.2 Å². The molecular weight excluding hydrogens is 312 g/mol. The van der Waals surface area contributed by atoms with Crippen LogP contribution >= 0.6 is 11.6 Å². The highest BCUT2D eigenvalue weighted by molar-refractivity contribution is 6.30. The lowest BCUT2D eigenvalue weighted by atomic mass is 9.98. The Hall–Kier alpha value is -1.92. The molecule has 0 radical (unpaired) electrons. The molecule has 1 saturated heterocycles. The summed E-state index contributed by atoms with van der Waals surface area (Å²) in [5.74, 6) is 0.622. The second-order valence-electron chi connectivity index (χ2n) is 6.21. The molecule has 23 heavy (non-hydrogen) atoms. The summed E-state index contributed by atoms with van der Waals surface area (Å²) in [6, 6.07) is 3.83. The van der Waals surface area contributed by atoms with Crippen LogP contribution in [0.2, 0.25) is 5.02 Å². The Morgan fingerprint density at radius 1 is 1.26 bits per heavy atom. The Morgan fingerprint density at radius 3 is 3.09 bits per heavy atom. The highest BCUT2D eigenvalue weighted by Gasteiger charge is 2.21. The number of aromatic nitrogens is 5. The van der Waals surface area contributed by atoms with Crippen LogP contribution in [0.4, 0.5) is 0 Å². The van der Waals surface area contributed by atoms with E-state index in [-0.39, 0.29) is 0 Å². The van der Waals surface area contributed by atoms with Gasteiger partial charge in [0.15, 0.2) is 0 Å². The second-order valence-corrected chi connectivity index (χ2v) is 6.64. The van der Waals surface area contributed by atoms with Crippen molar-refractivity contribution in [2.75, 3.05) is 13.1 Å². The number of nitrogens with zero attached hydrogens (tertiary/aromatic N) is 6. The molecule has 1 atom stereocenters. The summed E-state index contributed by atoms with van der Waals surface area (Å²) < 4.78 is 3.93. The van der Waals surface area contributed by atoms with E-state index in [4.69, 9.17) is 11.6 Å². The minimum Gasteiger partial charge on any atom is -0.305 e. The number of piperidine rings is 1. The van der Waals surface area contributed by atoms with Crippen molar-refractivity contribution in [1.82, 2.24) is 29.0 Å². The molecule has 0 spiro atoms. The van der Waals surface area contributed by atoms with Gasteiger partial charge in [-0.2, -0.15) is 5.10 Å². The van der Waals surface area contributed by atoms with Crippen molar-refractivity contribution in [2.24, 2.45) is 5.92 Å². The summed E-state index contributed by atoms with van der Waals surface area (Å²) in [6.07, 6.45) is 9.84. The number of halogens is 1. The molecular formula is C16H19ClN6. The highest BCUT2D eigenvalue weighted by atomic mass is 35.5. The Morgan fingerprint density at radius 2 is 2.22 bits per heavy atom. The van der Waals surface area contributed by atoms with E-state index in [1.807, 2.05) is 27.4 Å². The topological polar surface area (TPSA) is 51.2 Å². The fourth-order valence-corrected chi connectivity index (χ4v) is 3.53. The molecule has 3 aromatic heterocycles. The normalized spacial score (nSPS) is 19.4. The monoisotopic (exact) mass is 330 g/mol. The molecule has 0 amide bonds. The third-order valence-corrected chi connectivity index (χ3v) is 4.59. The Bertz CT molecular complexity index is 781. The molecule has 1 fully saturated rings. The van der Waals surface area contributed by atoms with E-state index in [0.29, 0.717) is 5.92 Å². The first-order valence-corrected chi connectivity index (χ1v) is 8.32. The summed E-state index contributed by atoms with van der Waals surface area (Å²) in [7, 11) is 0. The van der Waals surface area contributed by atoms with Crippen LogP contribution in [0, 0.1) is 5.92 Å². The van der Waals surface area contributed by atoms with Gasteiger partial charge in [-0.05, 0) is 37.4 Å². The van der Waals surface area contributed by atoms with E-state index < -0.39 is 0 Å². The summed E-state index contributed by atoms with van der Waals surface area (Å²) in [5.41, 5.74) is 2.04. The van der Waals surface area contributed by atoms with E-state index in [2.05, 4.69) is 26.2 Å². The van der Waals surface area contributed by atoms with E-state index in [0.717, 1.165) is 42.5 Å². The Labute approximate surface area is 139 Å². The molecule has 0 aromatic carbocycles. The van der Waals surface area contributed by atoms with Crippen molar-refractivity contribution in [3.8, 4) is 0 Å². The van der Waals surface area contributed by atoms with Crippen molar-refractivity contribution in [1.29, 1.82) is 0 Å². The molecule has 4 rings (SSSR count). The number of fused-ring (bicyclic) bond motifs is 1. The maximum absolute atomic E-state index is 6.03. The molecule has 0 N–H and O–H groups in total. The SMILES string of the molecule is Clc1ccc2nc(CN3CCC[C@@H](Cn4cncn4)C3)cn2c1. The van der Waals surface area contributed by atoms with Crippen molar-refractivity contribution in [2.45, 2.75) is 25.9 Å². The zero-order valence-electron chi connectivity index (χ0n) is 12.8. The molecule has 0 bridgehead atoms. The van der Waals surface area contributed by atoms with E-state index in [9.17, 15) is 0 Å². The third kappa shape index (κ3) is 3.38. The summed E-state index contributed by atoms with van der Waals surface area (Å²) in [4.78, 5) is 11.2. The standard InChI is InChI=1S/C16H19ClN6/c17-14-3-4-16-20-15(10-22(16)8-14)9-21-5-1-2-13(6-21)7-23-12-18-11-19-23/h3-4,8,10-13H,1-2,5-7,9H2/t13-/m1/s1. The average molecular weight is 331 g/mol. The molecule has 0 saturated carbocycles. The van der Waals surface area contributed by atoms with Gasteiger partial charge in [0, 0.05) is 32.0 Å². The summed E-state index contributed by atoms with van der Waals surface area (Å²) in [6.45, 7) is 4.03. The minimum absolute atomic E-state index is 0.622. The molecule has 4 heterocycles. The second kappa shape index (κ2) is 6.29. The Kier molecular flexibility index (Phi) is 4.01. The average Bonchev–Trinajstić information content (AvgIpc) is 3.16. The predicted molar refractivity (Wildman–Crippen MR) is 88.2 cm³/mol. The van der Waals surface area contributed by atoms with E-state index in [1.54, 1.807) is 12.7 Å². The van der Waals surface area contributed by atoms with Gasteiger partial charge in [-0.25, -0.2) is 9.97 Å². The van der Waals surface area contributed by atoms with Gasteiger partial charge in [-0.3, -0.25) is 9.58 Å². The fourth-order valence-electron chi connectivity index (χ4n) is 3.36. The maximum Gasteiger partial charge on any atom is 0.137 e. The number of rotatable bonds is 4. The smallest absolute Gasteiger partial charge is 0.137 e. The number of imidazole rings is 1. The van der Waals surface area contributed by atoms with Crippen LogP contribution in [0.5, 0.6) is 0 Å². The van der Waals surface area contributed by atoms with Gasteiger partial charge >= 0.3 is 0 Å². The van der Waals surface area contributed by atoms with Crippen LogP contribution in [0.15, 0.2) is 37.2 Å².